The van der Waals surface area contributed by atoms with Gasteiger partial charge in [0.05, 0.1) is 4.88 Å². The molecular weight excluding hydrogens is 436 g/mol. The number of carbonyl (C=O) groups is 2. The number of nitrogens with one attached hydrogen (secondary N) is 1. The fourth-order valence-electron chi connectivity index (χ4n) is 5.09. The van der Waals surface area contributed by atoms with Gasteiger partial charge in [0.2, 0.25) is 12.7 Å². The van der Waals surface area contributed by atoms with Gasteiger partial charge in [-0.25, -0.2) is 0 Å². The molecule has 2 aromatic rings. The van der Waals surface area contributed by atoms with Crippen molar-refractivity contribution in [2.75, 3.05) is 25.2 Å². The molecular formula is C26H32N2O4S. The van der Waals surface area contributed by atoms with E-state index in [0.717, 1.165) is 17.7 Å². The van der Waals surface area contributed by atoms with Crippen LogP contribution in [0.15, 0.2) is 24.3 Å². The second-order valence-electron chi connectivity index (χ2n) is 10.5. The fraction of sp³-hybridized carbons (Fsp3) is 0.538. The predicted octanol–water partition coefficient (Wildman–Crippen LogP) is 5.12. The van der Waals surface area contributed by atoms with E-state index in [1.165, 1.54) is 16.9 Å². The topological polar surface area (TPSA) is 67.9 Å². The van der Waals surface area contributed by atoms with Crippen molar-refractivity contribution in [3.63, 3.8) is 0 Å². The van der Waals surface area contributed by atoms with Crippen molar-refractivity contribution in [3.8, 4) is 11.5 Å². The van der Waals surface area contributed by atoms with Crippen LogP contribution in [0.5, 0.6) is 11.5 Å². The molecule has 0 radical (unpaired) electrons. The van der Waals surface area contributed by atoms with Crippen LogP contribution < -0.4 is 14.8 Å². The highest BCUT2D eigenvalue weighted by atomic mass is 32.1. The third kappa shape index (κ3) is 4.60. The number of carbonyl (C=O) groups excluding carboxylic acids is 2. The third-order valence-electron chi connectivity index (χ3n) is 7.31. The molecule has 5 rings (SSSR count). The first kappa shape index (κ1) is 22.3. The van der Waals surface area contributed by atoms with E-state index < -0.39 is 0 Å². The van der Waals surface area contributed by atoms with E-state index >= 15 is 0 Å². The number of nitrogens with zero attached hydrogens (tertiary/aromatic N) is 1. The van der Waals surface area contributed by atoms with E-state index in [1.807, 2.05) is 17.0 Å². The summed E-state index contributed by atoms with van der Waals surface area (Å²) in [5.41, 5.74) is 2.38. The molecule has 1 aromatic carbocycles. The van der Waals surface area contributed by atoms with Crippen LogP contribution in [0, 0.1) is 17.3 Å². The van der Waals surface area contributed by atoms with Crippen LogP contribution in [-0.2, 0) is 17.6 Å². The van der Waals surface area contributed by atoms with E-state index in [4.69, 9.17) is 9.47 Å². The van der Waals surface area contributed by atoms with Crippen LogP contribution in [0.25, 0.3) is 0 Å². The first-order chi connectivity index (χ1) is 15.8. The first-order valence-corrected chi connectivity index (χ1v) is 12.7. The molecule has 6 nitrogen and oxygen atoms in total. The zero-order valence-corrected chi connectivity index (χ0v) is 20.4. The normalized spacial score (nSPS) is 20.5. The van der Waals surface area contributed by atoms with Gasteiger partial charge in [-0.2, -0.15) is 0 Å². The summed E-state index contributed by atoms with van der Waals surface area (Å²) in [5, 5.41) is 2.99. The van der Waals surface area contributed by atoms with Gasteiger partial charge in [-0.3, -0.25) is 9.59 Å². The second kappa shape index (κ2) is 8.67. The van der Waals surface area contributed by atoms with Gasteiger partial charge in [0.1, 0.15) is 0 Å². The van der Waals surface area contributed by atoms with Crippen LogP contribution in [0.4, 0.5) is 5.69 Å². The molecule has 3 heterocycles. The Balaban J connectivity index is 1.16. The Bertz CT molecular complexity index is 1060. The summed E-state index contributed by atoms with van der Waals surface area (Å²) in [6.45, 7) is 8.38. The number of ether oxygens (including phenoxy) is 2. The quantitative estimate of drug-likeness (QED) is 0.679. The number of piperidine rings is 1. The Hall–Kier alpha value is -2.54. The van der Waals surface area contributed by atoms with Gasteiger partial charge in [0, 0.05) is 35.6 Å². The lowest BCUT2D eigenvalue weighted by Gasteiger charge is -2.33. The van der Waals surface area contributed by atoms with Gasteiger partial charge in [0.15, 0.2) is 11.5 Å². The van der Waals surface area contributed by atoms with Crippen molar-refractivity contribution in [1.29, 1.82) is 0 Å². The Morgan fingerprint density at radius 1 is 1.06 bits per heavy atom. The SMILES string of the molecule is CC(C)(C)C1CCc2sc(C(=O)N3CCC(C(=O)Nc4ccc5c(c4)OCO5)CC3)cc2C1. The van der Waals surface area contributed by atoms with Crippen LogP contribution in [0.1, 0.15) is 60.1 Å². The maximum Gasteiger partial charge on any atom is 0.263 e. The minimum absolute atomic E-state index is 0.000717. The lowest BCUT2D eigenvalue weighted by atomic mass is 9.72. The Labute approximate surface area is 199 Å². The maximum atomic E-state index is 13.2. The molecule has 1 aliphatic carbocycles. The standard InChI is InChI=1S/C26H32N2O4S/c1-26(2,3)18-4-7-22-17(12-18)13-23(33-22)25(30)28-10-8-16(9-11-28)24(29)27-19-5-6-20-21(14-19)32-15-31-20/h5-6,13-14,16,18H,4,7-12,15H2,1-3H3,(H,27,29). The first-order valence-electron chi connectivity index (χ1n) is 11.9. The minimum Gasteiger partial charge on any atom is -0.454 e. The number of thiophene rings is 1. The van der Waals surface area contributed by atoms with Crippen molar-refractivity contribution in [1.82, 2.24) is 4.90 Å². The van der Waals surface area contributed by atoms with Crippen LogP contribution >= 0.6 is 11.3 Å². The summed E-state index contributed by atoms with van der Waals surface area (Å²) in [6, 6.07) is 7.57. The number of amides is 2. The molecule has 1 atom stereocenters. The predicted molar refractivity (Wildman–Crippen MR) is 129 cm³/mol. The average Bonchev–Trinajstić information content (AvgIpc) is 3.44. The number of rotatable bonds is 3. The van der Waals surface area contributed by atoms with E-state index in [1.54, 1.807) is 17.4 Å². The number of hydrogen-bond acceptors (Lipinski definition) is 5. The molecule has 3 aliphatic rings. The van der Waals surface area contributed by atoms with Gasteiger partial charge in [0.25, 0.3) is 5.91 Å². The van der Waals surface area contributed by atoms with Gasteiger partial charge in [-0.05, 0) is 67.2 Å². The average molecular weight is 469 g/mol. The number of hydrogen-bond donors (Lipinski definition) is 1. The largest absolute Gasteiger partial charge is 0.454 e. The van der Waals surface area contributed by atoms with Crippen molar-refractivity contribution in [3.05, 3.63) is 39.6 Å². The minimum atomic E-state index is -0.0939. The zero-order chi connectivity index (χ0) is 23.2. The highest BCUT2D eigenvalue weighted by molar-refractivity contribution is 7.14. The summed E-state index contributed by atoms with van der Waals surface area (Å²) < 4.78 is 10.7. The highest BCUT2D eigenvalue weighted by Crippen LogP contribution is 2.40. The fourth-order valence-corrected chi connectivity index (χ4v) is 6.26. The maximum absolute atomic E-state index is 13.2. The Morgan fingerprint density at radius 3 is 2.58 bits per heavy atom. The Morgan fingerprint density at radius 2 is 1.82 bits per heavy atom. The van der Waals surface area contributed by atoms with Crippen LogP contribution in [0.3, 0.4) is 0 Å². The van der Waals surface area contributed by atoms with E-state index in [0.29, 0.717) is 54.5 Å². The molecule has 1 N–H and O–H groups in total. The van der Waals surface area contributed by atoms with Gasteiger partial charge >= 0.3 is 0 Å². The molecule has 176 valence electrons. The lowest BCUT2D eigenvalue weighted by Crippen LogP contribution is -2.41. The molecule has 1 aromatic heterocycles. The highest BCUT2D eigenvalue weighted by Gasteiger charge is 2.32. The summed E-state index contributed by atoms with van der Waals surface area (Å²) in [5.74, 6) is 2.05. The molecule has 2 amide bonds. The number of anilines is 1. The molecule has 0 spiro atoms. The number of aryl methyl sites for hydroxylation is 1. The van der Waals surface area contributed by atoms with Crippen LogP contribution in [0.2, 0.25) is 0 Å². The van der Waals surface area contributed by atoms with Crippen LogP contribution in [-0.4, -0.2) is 36.6 Å². The molecule has 7 heteroatoms. The monoisotopic (exact) mass is 468 g/mol. The molecule has 0 bridgehead atoms. The zero-order valence-electron chi connectivity index (χ0n) is 19.6. The van der Waals surface area contributed by atoms with Crippen molar-refractivity contribution in [2.45, 2.75) is 52.9 Å². The van der Waals surface area contributed by atoms with E-state index in [9.17, 15) is 9.59 Å². The molecule has 1 unspecified atom stereocenters. The van der Waals surface area contributed by atoms with Crippen molar-refractivity contribution >= 4 is 28.8 Å². The van der Waals surface area contributed by atoms with Gasteiger partial charge in [-0.1, -0.05) is 20.8 Å². The number of benzene rings is 1. The Kier molecular flexibility index (Phi) is 5.85. The third-order valence-corrected chi connectivity index (χ3v) is 8.54. The molecule has 1 saturated heterocycles. The van der Waals surface area contributed by atoms with Crippen molar-refractivity contribution < 1.29 is 19.1 Å². The molecule has 0 saturated carbocycles. The van der Waals surface area contributed by atoms with Crippen molar-refractivity contribution in [2.24, 2.45) is 17.3 Å². The second-order valence-corrected chi connectivity index (χ2v) is 11.6. The summed E-state index contributed by atoms with van der Waals surface area (Å²) >= 11 is 1.68. The van der Waals surface area contributed by atoms with E-state index in [2.05, 4.69) is 32.2 Å². The lowest BCUT2D eigenvalue weighted by molar-refractivity contribution is -0.121. The molecule has 2 aliphatic heterocycles. The van der Waals surface area contributed by atoms with Gasteiger partial charge < -0.3 is 19.7 Å². The summed E-state index contributed by atoms with van der Waals surface area (Å²) in [6.07, 6.45) is 4.72. The van der Waals surface area contributed by atoms with Gasteiger partial charge in [-0.15, -0.1) is 11.3 Å². The molecule has 33 heavy (non-hydrogen) atoms. The smallest absolute Gasteiger partial charge is 0.263 e. The van der Waals surface area contributed by atoms with E-state index in [-0.39, 0.29) is 24.5 Å². The summed E-state index contributed by atoms with van der Waals surface area (Å²) in [4.78, 5) is 30.1. The summed E-state index contributed by atoms with van der Waals surface area (Å²) in [7, 11) is 0. The number of likely N-dealkylation sites (tertiary alicyclic amines) is 1. The molecule has 1 fully saturated rings. The number of fused-ring (bicyclic) bond motifs is 2.